The van der Waals surface area contributed by atoms with E-state index in [0.717, 1.165) is 42.9 Å². The van der Waals surface area contributed by atoms with E-state index in [1.807, 2.05) is 0 Å². The Morgan fingerprint density at radius 1 is 0.968 bits per heavy atom. The molecule has 31 heavy (non-hydrogen) atoms. The Kier molecular flexibility index (Phi) is 6.49. The van der Waals surface area contributed by atoms with Crippen molar-refractivity contribution in [2.75, 3.05) is 7.11 Å². The lowest BCUT2D eigenvalue weighted by Gasteiger charge is -2.61. The van der Waals surface area contributed by atoms with Crippen LogP contribution in [0.3, 0.4) is 0 Å². The van der Waals surface area contributed by atoms with Gasteiger partial charge in [0, 0.05) is 13.3 Å². The molecule has 0 N–H and O–H groups in total. The van der Waals surface area contributed by atoms with Gasteiger partial charge in [-0.25, -0.2) is 0 Å². The molecule has 0 aromatic rings. The van der Waals surface area contributed by atoms with Crippen LogP contribution in [0, 0.1) is 46.3 Å². The van der Waals surface area contributed by atoms with Crippen LogP contribution in [0.4, 0.5) is 0 Å². The second-order valence-electron chi connectivity index (χ2n) is 12.0. The Morgan fingerprint density at radius 3 is 2.39 bits per heavy atom. The lowest BCUT2D eigenvalue weighted by molar-refractivity contribution is -0.160. The molecular weight excluding hydrogens is 388 g/mol. The highest BCUT2D eigenvalue weighted by molar-refractivity contribution is 5.69. The summed E-state index contributed by atoms with van der Waals surface area (Å²) in [6, 6.07) is 0. The van der Waals surface area contributed by atoms with Crippen LogP contribution in [-0.4, -0.2) is 25.2 Å². The third-order valence-electron chi connectivity index (χ3n) is 10.7. The predicted molar refractivity (Wildman–Crippen MR) is 121 cm³/mol. The number of rotatable bonds is 5. The van der Waals surface area contributed by atoms with Gasteiger partial charge in [0.2, 0.25) is 0 Å². The minimum atomic E-state index is -0.117. The molecule has 0 amide bonds. The van der Waals surface area contributed by atoms with Crippen LogP contribution in [0.2, 0.25) is 0 Å². The highest BCUT2D eigenvalue weighted by atomic mass is 16.5. The first-order valence-corrected chi connectivity index (χ1v) is 12.9. The molecule has 0 unspecified atom stereocenters. The molecule has 0 spiro atoms. The first-order chi connectivity index (χ1) is 14.7. The maximum Gasteiger partial charge on any atom is 0.305 e. The van der Waals surface area contributed by atoms with Crippen LogP contribution in [0.25, 0.3) is 0 Å². The molecule has 4 aliphatic rings. The number of methoxy groups -OCH3 is 1. The molecule has 176 valence electrons. The molecule has 0 aromatic carbocycles. The van der Waals surface area contributed by atoms with Crippen molar-refractivity contribution in [3.05, 3.63) is 0 Å². The molecule has 0 radical (unpaired) electrons. The van der Waals surface area contributed by atoms with Gasteiger partial charge in [-0.15, -0.1) is 0 Å². The van der Waals surface area contributed by atoms with E-state index < -0.39 is 0 Å². The largest absolute Gasteiger partial charge is 0.469 e. The zero-order chi connectivity index (χ0) is 22.4. The Morgan fingerprint density at radius 2 is 1.68 bits per heavy atom. The van der Waals surface area contributed by atoms with Gasteiger partial charge >= 0.3 is 11.9 Å². The van der Waals surface area contributed by atoms with E-state index in [1.165, 1.54) is 52.1 Å². The average Bonchev–Trinajstić information content (AvgIpc) is 3.09. The van der Waals surface area contributed by atoms with Crippen LogP contribution in [0.15, 0.2) is 0 Å². The highest BCUT2D eigenvalue weighted by Gasteiger charge is 2.60. The molecule has 9 atom stereocenters. The predicted octanol–water partition coefficient (Wildman–Crippen LogP) is 6.17. The summed E-state index contributed by atoms with van der Waals surface area (Å²) in [7, 11) is 1.50. The van der Waals surface area contributed by atoms with Gasteiger partial charge in [0.1, 0.15) is 6.10 Å². The van der Waals surface area contributed by atoms with E-state index in [-0.39, 0.29) is 18.0 Å². The number of carbonyl (C=O) groups excluding carboxylic acids is 2. The topological polar surface area (TPSA) is 52.6 Å². The van der Waals surface area contributed by atoms with Crippen molar-refractivity contribution in [1.82, 2.24) is 0 Å². The Bertz CT molecular complexity index is 689. The van der Waals surface area contributed by atoms with E-state index in [4.69, 9.17) is 9.47 Å². The second-order valence-corrected chi connectivity index (χ2v) is 12.0. The van der Waals surface area contributed by atoms with Crippen LogP contribution >= 0.6 is 0 Å². The van der Waals surface area contributed by atoms with Crippen molar-refractivity contribution in [2.24, 2.45) is 46.3 Å². The first kappa shape index (κ1) is 23.1. The van der Waals surface area contributed by atoms with Gasteiger partial charge in [-0.05, 0) is 111 Å². The monoisotopic (exact) mass is 432 g/mol. The fourth-order valence-corrected chi connectivity index (χ4v) is 9.18. The number of esters is 2. The third kappa shape index (κ3) is 4.06. The van der Waals surface area contributed by atoms with E-state index in [0.29, 0.717) is 29.1 Å². The lowest BCUT2D eigenvalue weighted by atomic mass is 9.44. The fraction of sp³-hybridized carbons (Fsp3) is 0.926. The standard InChI is InChI=1S/C27H44O4/c1-17(6-11-25(29)30-5)22-9-10-23-21-8-7-19-16-20(31-18(2)28)12-14-26(19,3)24(21)13-15-27(22,23)4/h17,19-24H,6-16H2,1-5H3/t17-,19+,20+,21-,22-,23+,24-,26-,27+/m0/s1. The minimum Gasteiger partial charge on any atom is -0.469 e. The number of fused-ring (bicyclic) bond motifs is 5. The molecule has 0 bridgehead atoms. The third-order valence-corrected chi connectivity index (χ3v) is 10.7. The zero-order valence-corrected chi connectivity index (χ0v) is 20.5. The van der Waals surface area contributed by atoms with Gasteiger partial charge in [-0.1, -0.05) is 20.8 Å². The van der Waals surface area contributed by atoms with Gasteiger partial charge in [0.25, 0.3) is 0 Å². The minimum absolute atomic E-state index is 0.0640. The van der Waals surface area contributed by atoms with Crippen molar-refractivity contribution >= 4 is 11.9 Å². The maximum atomic E-state index is 11.7. The van der Waals surface area contributed by atoms with E-state index >= 15 is 0 Å². The summed E-state index contributed by atoms with van der Waals surface area (Å²) in [5.41, 5.74) is 0.865. The van der Waals surface area contributed by atoms with Crippen LogP contribution in [0.1, 0.15) is 98.3 Å². The van der Waals surface area contributed by atoms with Crippen molar-refractivity contribution in [1.29, 1.82) is 0 Å². The molecule has 4 rings (SSSR count). The van der Waals surface area contributed by atoms with Crippen molar-refractivity contribution in [2.45, 2.75) is 104 Å². The Balaban J connectivity index is 1.45. The van der Waals surface area contributed by atoms with Gasteiger partial charge < -0.3 is 9.47 Å². The summed E-state index contributed by atoms with van der Waals surface area (Å²) in [5, 5.41) is 0. The van der Waals surface area contributed by atoms with Crippen LogP contribution < -0.4 is 0 Å². The van der Waals surface area contributed by atoms with Crippen LogP contribution in [0.5, 0.6) is 0 Å². The molecule has 4 saturated carbocycles. The average molecular weight is 433 g/mol. The Labute approximate surface area is 189 Å². The number of hydrogen-bond acceptors (Lipinski definition) is 4. The molecule has 0 saturated heterocycles. The molecular formula is C27H44O4. The zero-order valence-electron chi connectivity index (χ0n) is 20.5. The van der Waals surface area contributed by atoms with Crippen molar-refractivity contribution < 1.29 is 19.1 Å². The molecule has 4 aliphatic carbocycles. The number of carbonyl (C=O) groups is 2. The molecule has 0 aromatic heterocycles. The molecule has 0 heterocycles. The number of hydrogen-bond donors (Lipinski definition) is 0. The first-order valence-electron chi connectivity index (χ1n) is 12.9. The quantitative estimate of drug-likeness (QED) is 0.488. The Hall–Kier alpha value is -1.06. The maximum absolute atomic E-state index is 11.7. The second kappa shape index (κ2) is 8.71. The van der Waals surface area contributed by atoms with Gasteiger partial charge in [-0.3, -0.25) is 9.59 Å². The summed E-state index contributed by atoms with van der Waals surface area (Å²) in [4.78, 5) is 23.2. The summed E-state index contributed by atoms with van der Waals surface area (Å²) < 4.78 is 10.5. The van der Waals surface area contributed by atoms with Crippen LogP contribution in [-0.2, 0) is 19.1 Å². The molecule has 4 nitrogen and oxygen atoms in total. The van der Waals surface area contributed by atoms with E-state index in [2.05, 4.69) is 20.8 Å². The van der Waals surface area contributed by atoms with Gasteiger partial charge in [0.15, 0.2) is 0 Å². The SMILES string of the molecule is COC(=O)CC[C@H](C)[C@@H]1CC[C@@H]2[C@@H]3CC[C@@H]4C[C@H](OC(C)=O)CC[C@]4(C)[C@H]3CC[C@@]21C. The molecule has 4 heteroatoms. The van der Waals surface area contributed by atoms with E-state index in [1.54, 1.807) is 6.92 Å². The fourth-order valence-electron chi connectivity index (χ4n) is 9.18. The van der Waals surface area contributed by atoms with E-state index in [9.17, 15) is 9.59 Å². The normalized spacial score (nSPS) is 45.1. The lowest BCUT2D eigenvalue weighted by Crippen LogP contribution is -2.54. The highest BCUT2D eigenvalue weighted by Crippen LogP contribution is 2.68. The number of ether oxygens (including phenoxy) is 2. The summed E-state index contributed by atoms with van der Waals surface area (Å²) in [6.07, 6.45) is 13.1. The summed E-state index contributed by atoms with van der Waals surface area (Å²) in [5.74, 6) is 4.42. The van der Waals surface area contributed by atoms with Gasteiger partial charge in [0.05, 0.1) is 7.11 Å². The van der Waals surface area contributed by atoms with Crippen molar-refractivity contribution in [3.63, 3.8) is 0 Å². The smallest absolute Gasteiger partial charge is 0.305 e. The summed E-state index contributed by atoms with van der Waals surface area (Å²) >= 11 is 0. The molecule has 0 aliphatic heterocycles. The van der Waals surface area contributed by atoms with Crippen molar-refractivity contribution in [3.8, 4) is 0 Å². The van der Waals surface area contributed by atoms with Gasteiger partial charge in [-0.2, -0.15) is 0 Å². The summed E-state index contributed by atoms with van der Waals surface area (Å²) in [6.45, 7) is 9.09. The molecule has 4 fully saturated rings.